The lowest BCUT2D eigenvalue weighted by Crippen LogP contribution is -2.50. The van der Waals surface area contributed by atoms with Gasteiger partial charge in [-0.3, -0.25) is 0 Å². The Morgan fingerprint density at radius 1 is 1.45 bits per heavy atom. The van der Waals surface area contributed by atoms with Crippen molar-refractivity contribution in [2.45, 2.75) is 18.4 Å². The number of hydrogen-bond donors (Lipinski definition) is 1. The molecule has 4 heteroatoms. The van der Waals surface area contributed by atoms with Crippen LogP contribution in [0.5, 0.6) is 0 Å². The molecule has 0 aliphatic carbocycles. The van der Waals surface area contributed by atoms with Crippen molar-refractivity contribution in [1.29, 1.82) is 0 Å². The summed E-state index contributed by atoms with van der Waals surface area (Å²) in [4.78, 5) is 0. The third-order valence-corrected chi connectivity index (χ3v) is 2.19. The second-order valence-electron chi connectivity index (χ2n) is 2.83. The van der Waals surface area contributed by atoms with Crippen LogP contribution in [-0.4, -0.2) is 45.3 Å². The van der Waals surface area contributed by atoms with E-state index < -0.39 is 0 Å². The summed E-state index contributed by atoms with van der Waals surface area (Å²) in [6, 6.07) is 0.230. The van der Waals surface area contributed by atoms with Gasteiger partial charge in [-0.25, -0.2) is 0 Å². The Bertz CT molecular complexity index is 136. The SMILES string of the molecule is CO[C@H]1CO[C@H]2OCCN[C@H]21. The molecular formula is C7H13NO3. The van der Waals surface area contributed by atoms with Gasteiger partial charge in [0.2, 0.25) is 0 Å². The van der Waals surface area contributed by atoms with Crippen molar-refractivity contribution in [3.8, 4) is 0 Å². The van der Waals surface area contributed by atoms with Gasteiger partial charge in [0.25, 0.3) is 0 Å². The first kappa shape index (κ1) is 7.49. The van der Waals surface area contributed by atoms with Crippen molar-refractivity contribution in [2.75, 3.05) is 26.9 Å². The Morgan fingerprint density at radius 2 is 2.36 bits per heavy atom. The molecule has 0 radical (unpaired) electrons. The zero-order valence-electron chi connectivity index (χ0n) is 6.58. The lowest BCUT2D eigenvalue weighted by Gasteiger charge is -2.27. The molecule has 1 N–H and O–H groups in total. The highest BCUT2D eigenvalue weighted by atomic mass is 16.7. The van der Waals surface area contributed by atoms with Crippen LogP contribution in [0.25, 0.3) is 0 Å². The summed E-state index contributed by atoms with van der Waals surface area (Å²) in [6.45, 7) is 2.26. The molecule has 0 spiro atoms. The van der Waals surface area contributed by atoms with Crippen LogP contribution < -0.4 is 5.32 Å². The minimum absolute atomic E-state index is 0.0892. The maximum absolute atomic E-state index is 5.37. The van der Waals surface area contributed by atoms with Crippen LogP contribution in [0.15, 0.2) is 0 Å². The first-order valence-electron chi connectivity index (χ1n) is 3.91. The van der Waals surface area contributed by atoms with Gasteiger partial charge in [0.05, 0.1) is 19.3 Å². The highest BCUT2D eigenvalue weighted by Crippen LogP contribution is 2.19. The second-order valence-corrected chi connectivity index (χ2v) is 2.83. The molecule has 3 atom stereocenters. The molecule has 0 amide bonds. The van der Waals surface area contributed by atoms with Crippen molar-refractivity contribution in [2.24, 2.45) is 0 Å². The van der Waals surface area contributed by atoms with Gasteiger partial charge >= 0.3 is 0 Å². The first-order valence-corrected chi connectivity index (χ1v) is 3.91. The van der Waals surface area contributed by atoms with Gasteiger partial charge in [0, 0.05) is 13.7 Å². The molecule has 2 saturated heterocycles. The van der Waals surface area contributed by atoms with Crippen LogP contribution in [0.2, 0.25) is 0 Å². The third-order valence-electron chi connectivity index (χ3n) is 2.19. The Kier molecular flexibility index (Phi) is 2.09. The summed E-state index contributed by atoms with van der Waals surface area (Å²) < 4.78 is 15.9. The molecule has 2 aliphatic heterocycles. The number of ether oxygens (including phenoxy) is 3. The lowest BCUT2D eigenvalue weighted by atomic mass is 10.2. The van der Waals surface area contributed by atoms with Crippen molar-refractivity contribution in [3.63, 3.8) is 0 Å². The predicted octanol–water partition coefficient (Wildman–Crippen LogP) is -0.654. The minimum Gasteiger partial charge on any atom is -0.377 e. The Hall–Kier alpha value is -0.160. The third kappa shape index (κ3) is 1.27. The molecule has 0 saturated carbocycles. The first-order chi connectivity index (χ1) is 5.42. The maximum atomic E-state index is 5.37. The number of methoxy groups -OCH3 is 1. The van der Waals surface area contributed by atoms with Crippen molar-refractivity contribution >= 4 is 0 Å². The fourth-order valence-corrected chi connectivity index (χ4v) is 1.57. The van der Waals surface area contributed by atoms with E-state index in [4.69, 9.17) is 14.2 Å². The molecular weight excluding hydrogens is 146 g/mol. The van der Waals surface area contributed by atoms with E-state index in [1.165, 1.54) is 0 Å². The van der Waals surface area contributed by atoms with E-state index in [1.54, 1.807) is 7.11 Å². The predicted molar refractivity (Wildman–Crippen MR) is 38.3 cm³/mol. The standard InChI is InChI=1S/C7H13NO3/c1-9-5-4-11-7-6(5)8-2-3-10-7/h5-8H,2-4H2,1H3/t5-,6-,7+/m0/s1. The van der Waals surface area contributed by atoms with Crippen molar-refractivity contribution in [1.82, 2.24) is 5.32 Å². The molecule has 11 heavy (non-hydrogen) atoms. The summed E-state index contributed by atoms with van der Waals surface area (Å²) >= 11 is 0. The Morgan fingerprint density at radius 3 is 3.18 bits per heavy atom. The van der Waals surface area contributed by atoms with E-state index >= 15 is 0 Å². The summed E-state index contributed by atoms with van der Waals surface area (Å²) in [5.74, 6) is 0. The maximum Gasteiger partial charge on any atom is 0.175 e. The second kappa shape index (κ2) is 3.06. The van der Waals surface area contributed by atoms with Gasteiger partial charge in [0.1, 0.15) is 6.10 Å². The van der Waals surface area contributed by atoms with Crippen molar-refractivity contribution in [3.05, 3.63) is 0 Å². The zero-order valence-corrected chi connectivity index (χ0v) is 6.58. The zero-order chi connectivity index (χ0) is 7.68. The number of fused-ring (bicyclic) bond motifs is 1. The number of rotatable bonds is 1. The van der Waals surface area contributed by atoms with Gasteiger partial charge in [-0.05, 0) is 0 Å². The topological polar surface area (TPSA) is 39.7 Å². The van der Waals surface area contributed by atoms with Crippen LogP contribution in [0.3, 0.4) is 0 Å². The van der Waals surface area contributed by atoms with Gasteiger partial charge < -0.3 is 19.5 Å². The van der Waals surface area contributed by atoms with Crippen LogP contribution in [0.1, 0.15) is 0 Å². The number of hydrogen-bond acceptors (Lipinski definition) is 4. The van der Waals surface area contributed by atoms with E-state index in [-0.39, 0.29) is 18.4 Å². The molecule has 0 aromatic carbocycles. The highest BCUT2D eigenvalue weighted by molar-refractivity contribution is 4.88. The molecule has 0 bridgehead atoms. The molecule has 2 rings (SSSR count). The van der Waals surface area contributed by atoms with Gasteiger partial charge in [0.15, 0.2) is 6.29 Å². The van der Waals surface area contributed by atoms with E-state index in [1.807, 2.05) is 0 Å². The monoisotopic (exact) mass is 159 g/mol. The molecule has 4 nitrogen and oxygen atoms in total. The summed E-state index contributed by atoms with van der Waals surface area (Å²) in [5.41, 5.74) is 0. The van der Waals surface area contributed by atoms with Crippen molar-refractivity contribution < 1.29 is 14.2 Å². The fourth-order valence-electron chi connectivity index (χ4n) is 1.57. The Balaban J connectivity index is 1.98. The lowest BCUT2D eigenvalue weighted by molar-refractivity contribution is -0.137. The quantitative estimate of drug-likeness (QED) is 0.551. The Labute approximate surface area is 65.8 Å². The average Bonchev–Trinajstić information content (AvgIpc) is 2.47. The highest BCUT2D eigenvalue weighted by Gasteiger charge is 2.39. The van der Waals surface area contributed by atoms with E-state index in [9.17, 15) is 0 Å². The largest absolute Gasteiger partial charge is 0.377 e. The van der Waals surface area contributed by atoms with E-state index in [0.29, 0.717) is 6.61 Å². The van der Waals surface area contributed by atoms with Gasteiger partial charge in [-0.2, -0.15) is 0 Å². The molecule has 0 aromatic heterocycles. The molecule has 2 fully saturated rings. The minimum atomic E-state index is -0.0892. The fraction of sp³-hybridized carbons (Fsp3) is 1.00. The van der Waals surface area contributed by atoms with Gasteiger partial charge in [-0.1, -0.05) is 0 Å². The van der Waals surface area contributed by atoms with E-state index in [2.05, 4.69) is 5.32 Å². The molecule has 0 unspecified atom stereocenters. The smallest absolute Gasteiger partial charge is 0.175 e. The summed E-state index contributed by atoms with van der Waals surface area (Å²) in [6.07, 6.45) is 0.0639. The van der Waals surface area contributed by atoms with Crippen LogP contribution in [-0.2, 0) is 14.2 Å². The normalized spacial score (nSPS) is 43.9. The van der Waals surface area contributed by atoms with Gasteiger partial charge in [-0.15, -0.1) is 0 Å². The molecule has 2 heterocycles. The number of nitrogens with one attached hydrogen (secondary N) is 1. The summed E-state index contributed by atoms with van der Waals surface area (Å²) in [5, 5.41) is 3.31. The van der Waals surface area contributed by atoms with Crippen LogP contribution >= 0.6 is 0 Å². The number of morpholine rings is 1. The summed E-state index contributed by atoms with van der Waals surface area (Å²) in [7, 11) is 1.70. The molecule has 64 valence electrons. The van der Waals surface area contributed by atoms with Crippen LogP contribution in [0.4, 0.5) is 0 Å². The van der Waals surface area contributed by atoms with Crippen LogP contribution in [0, 0.1) is 0 Å². The molecule has 2 aliphatic rings. The van der Waals surface area contributed by atoms with E-state index in [0.717, 1.165) is 13.2 Å². The average molecular weight is 159 g/mol. The molecule has 0 aromatic rings.